The second kappa shape index (κ2) is 7.44. The zero-order valence-corrected chi connectivity index (χ0v) is 10.4. The molecule has 0 saturated carbocycles. The van der Waals surface area contributed by atoms with E-state index in [1.54, 1.807) is 30.0 Å². The minimum atomic E-state index is -0.415. The van der Waals surface area contributed by atoms with Gasteiger partial charge in [-0.1, -0.05) is 31.9 Å². The van der Waals surface area contributed by atoms with E-state index >= 15 is 0 Å². The maximum Gasteiger partial charge on any atom is 0.175 e. The van der Waals surface area contributed by atoms with E-state index < -0.39 is 5.82 Å². The van der Waals surface area contributed by atoms with Gasteiger partial charge < -0.3 is 0 Å². The second-order valence-electron chi connectivity index (χ2n) is 3.66. The lowest BCUT2D eigenvalue weighted by Crippen LogP contribution is -2.05. The van der Waals surface area contributed by atoms with Crippen molar-refractivity contribution in [1.29, 1.82) is 0 Å². The van der Waals surface area contributed by atoms with Crippen LogP contribution in [-0.4, -0.2) is 17.3 Å². The largest absolute Gasteiger partial charge is 0.293 e. The molecule has 0 saturated heterocycles. The van der Waals surface area contributed by atoms with E-state index in [0.717, 1.165) is 12.2 Å². The molecule has 0 aliphatic carbocycles. The zero-order chi connectivity index (χ0) is 11.8. The zero-order valence-electron chi connectivity index (χ0n) is 9.54. The third-order valence-corrected chi connectivity index (χ3v) is 3.34. The van der Waals surface area contributed by atoms with Crippen LogP contribution in [0.2, 0.25) is 0 Å². The summed E-state index contributed by atoms with van der Waals surface area (Å²) in [7, 11) is 0. The molecule has 0 bridgehead atoms. The molecule has 0 amide bonds. The maximum atomic E-state index is 13.2. The smallest absolute Gasteiger partial charge is 0.175 e. The van der Waals surface area contributed by atoms with Gasteiger partial charge in [0.05, 0.1) is 11.3 Å². The van der Waals surface area contributed by atoms with Crippen molar-refractivity contribution in [2.75, 3.05) is 11.5 Å². The topological polar surface area (TPSA) is 17.1 Å². The molecular formula is C13H17FOS. The fourth-order valence-corrected chi connectivity index (χ4v) is 2.28. The van der Waals surface area contributed by atoms with E-state index in [1.807, 2.05) is 0 Å². The average molecular weight is 240 g/mol. The summed E-state index contributed by atoms with van der Waals surface area (Å²) in [6, 6.07) is 6.16. The number of carbonyl (C=O) groups is 1. The Morgan fingerprint density at radius 1 is 1.31 bits per heavy atom. The van der Waals surface area contributed by atoms with Crippen molar-refractivity contribution in [2.24, 2.45) is 0 Å². The van der Waals surface area contributed by atoms with E-state index in [4.69, 9.17) is 0 Å². The third kappa shape index (κ3) is 4.35. The molecule has 1 aromatic rings. The Labute approximate surface area is 100 Å². The molecule has 0 aromatic heterocycles. The van der Waals surface area contributed by atoms with Crippen LogP contribution in [0, 0.1) is 5.82 Å². The first-order chi connectivity index (χ1) is 7.75. The van der Waals surface area contributed by atoms with E-state index in [0.29, 0.717) is 5.75 Å². The lowest BCUT2D eigenvalue weighted by molar-refractivity contribution is 0.101. The third-order valence-electron chi connectivity index (χ3n) is 2.30. The van der Waals surface area contributed by atoms with Gasteiger partial charge >= 0.3 is 0 Å². The number of rotatable bonds is 7. The van der Waals surface area contributed by atoms with Crippen LogP contribution in [0.15, 0.2) is 24.3 Å². The number of benzene rings is 1. The first kappa shape index (κ1) is 13.2. The molecule has 3 heteroatoms. The van der Waals surface area contributed by atoms with Crippen LogP contribution < -0.4 is 0 Å². The van der Waals surface area contributed by atoms with Gasteiger partial charge in [0.15, 0.2) is 5.78 Å². The van der Waals surface area contributed by atoms with Crippen molar-refractivity contribution in [2.45, 2.75) is 26.2 Å². The number of hydrogen-bond acceptors (Lipinski definition) is 2. The Balaban J connectivity index is 2.33. The summed E-state index contributed by atoms with van der Waals surface area (Å²) in [6.07, 6.45) is 3.51. The number of ketones is 1. The van der Waals surface area contributed by atoms with Gasteiger partial charge in [-0.05, 0) is 24.3 Å². The normalized spacial score (nSPS) is 10.4. The molecule has 0 spiro atoms. The van der Waals surface area contributed by atoms with Gasteiger partial charge in [0.25, 0.3) is 0 Å². The van der Waals surface area contributed by atoms with Gasteiger partial charge in [0.2, 0.25) is 0 Å². The van der Waals surface area contributed by atoms with Crippen LogP contribution in [0.5, 0.6) is 0 Å². The Hall–Kier alpha value is -0.830. The van der Waals surface area contributed by atoms with Crippen molar-refractivity contribution < 1.29 is 9.18 Å². The minimum absolute atomic E-state index is 0.111. The van der Waals surface area contributed by atoms with E-state index in [1.165, 1.54) is 18.9 Å². The van der Waals surface area contributed by atoms with Crippen LogP contribution in [-0.2, 0) is 0 Å². The SMILES string of the molecule is CCCCCSCC(=O)c1ccccc1F. The minimum Gasteiger partial charge on any atom is -0.293 e. The van der Waals surface area contributed by atoms with E-state index in [9.17, 15) is 9.18 Å². The number of carbonyl (C=O) groups excluding carboxylic acids is 1. The lowest BCUT2D eigenvalue weighted by Gasteiger charge is -2.02. The van der Waals surface area contributed by atoms with Crippen LogP contribution in [0.25, 0.3) is 0 Å². The highest BCUT2D eigenvalue weighted by atomic mass is 32.2. The molecular weight excluding hydrogens is 223 g/mol. The number of halogens is 1. The molecule has 1 aromatic carbocycles. The lowest BCUT2D eigenvalue weighted by atomic mass is 10.1. The second-order valence-corrected chi connectivity index (χ2v) is 4.77. The highest BCUT2D eigenvalue weighted by Crippen LogP contribution is 2.12. The Kier molecular flexibility index (Phi) is 6.16. The first-order valence-corrected chi connectivity index (χ1v) is 6.76. The molecule has 0 heterocycles. The van der Waals surface area contributed by atoms with Gasteiger partial charge in [-0.2, -0.15) is 11.8 Å². The predicted octanol–water partition coefficient (Wildman–Crippen LogP) is 3.93. The number of Topliss-reactive ketones (excluding diaryl/α,β-unsaturated/α-hetero) is 1. The van der Waals surface area contributed by atoms with E-state index in [2.05, 4.69) is 6.92 Å². The highest BCUT2D eigenvalue weighted by molar-refractivity contribution is 7.99. The summed E-state index contributed by atoms with van der Waals surface area (Å²) in [5.41, 5.74) is 0.213. The summed E-state index contributed by atoms with van der Waals surface area (Å²) >= 11 is 1.59. The average Bonchev–Trinajstić information content (AvgIpc) is 2.29. The van der Waals surface area contributed by atoms with Gasteiger partial charge in [-0.15, -0.1) is 0 Å². The molecule has 0 fully saturated rings. The van der Waals surface area contributed by atoms with E-state index in [-0.39, 0.29) is 11.3 Å². The molecule has 0 N–H and O–H groups in total. The van der Waals surface area contributed by atoms with Gasteiger partial charge in [-0.3, -0.25) is 4.79 Å². The summed E-state index contributed by atoms with van der Waals surface area (Å²) in [6.45, 7) is 2.15. The Morgan fingerprint density at radius 3 is 2.75 bits per heavy atom. The molecule has 0 radical (unpaired) electrons. The summed E-state index contributed by atoms with van der Waals surface area (Å²) in [4.78, 5) is 11.6. The molecule has 0 atom stereocenters. The van der Waals surface area contributed by atoms with Crippen molar-refractivity contribution in [1.82, 2.24) is 0 Å². The van der Waals surface area contributed by atoms with Crippen LogP contribution in [0.1, 0.15) is 36.5 Å². The standard InChI is InChI=1S/C13H17FOS/c1-2-3-6-9-16-10-13(15)11-7-4-5-8-12(11)14/h4-5,7-8H,2-3,6,9-10H2,1H3. The summed E-state index contributed by atoms with van der Waals surface area (Å²) in [5.74, 6) is 0.833. The summed E-state index contributed by atoms with van der Waals surface area (Å²) in [5, 5.41) is 0. The van der Waals surface area contributed by atoms with Crippen molar-refractivity contribution >= 4 is 17.5 Å². The highest BCUT2D eigenvalue weighted by Gasteiger charge is 2.10. The summed E-state index contributed by atoms with van der Waals surface area (Å²) < 4.78 is 13.2. The number of thioether (sulfide) groups is 1. The maximum absolute atomic E-state index is 13.2. The van der Waals surface area contributed by atoms with Gasteiger partial charge in [0.1, 0.15) is 5.82 Å². The fourth-order valence-electron chi connectivity index (χ4n) is 1.38. The molecule has 1 nitrogen and oxygen atoms in total. The Bertz CT molecular complexity index is 338. The first-order valence-electron chi connectivity index (χ1n) is 5.61. The molecule has 88 valence electrons. The number of hydrogen-bond donors (Lipinski definition) is 0. The van der Waals surface area contributed by atoms with Gasteiger partial charge in [0, 0.05) is 0 Å². The molecule has 1 rings (SSSR count). The van der Waals surface area contributed by atoms with Crippen molar-refractivity contribution in [3.8, 4) is 0 Å². The predicted molar refractivity (Wildman–Crippen MR) is 67.6 cm³/mol. The molecule has 0 aliphatic rings. The van der Waals surface area contributed by atoms with Gasteiger partial charge in [-0.25, -0.2) is 4.39 Å². The monoisotopic (exact) mass is 240 g/mol. The number of unbranched alkanes of at least 4 members (excludes halogenated alkanes) is 2. The van der Waals surface area contributed by atoms with Crippen molar-refractivity contribution in [3.05, 3.63) is 35.6 Å². The quantitative estimate of drug-likeness (QED) is 0.530. The van der Waals surface area contributed by atoms with Crippen molar-refractivity contribution in [3.63, 3.8) is 0 Å². The molecule has 0 unspecified atom stereocenters. The fraction of sp³-hybridized carbons (Fsp3) is 0.462. The molecule has 0 aliphatic heterocycles. The van der Waals surface area contributed by atoms with Crippen LogP contribution in [0.3, 0.4) is 0 Å². The van der Waals surface area contributed by atoms with Crippen LogP contribution in [0.4, 0.5) is 4.39 Å². The molecule has 16 heavy (non-hydrogen) atoms. The van der Waals surface area contributed by atoms with Crippen LogP contribution >= 0.6 is 11.8 Å². The Morgan fingerprint density at radius 2 is 2.06 bits per heavy atom.